The molecule has 1 N–H and O–H groups in total. The van der Waals surface area contributed by atoms with Crippen molar-refractivity contribution in [2.75, 3.05) is 13.2 Å². The molecule has 0 amide bonds. The Morgan fingerprint density at radius 1 is 1.05 bits per heavy atom. The van der Waals surface area contributed by atoms with Crippen LogP contribution >= 0.6 is 23.2 Å². The first-order valence-electron chi connectivity index (χ1n) is 7.06. The molecule has 3 rings (SSSR count). The third-order valence-electron chi connectivity index (χ3n) is 3.73. The molecule has 1 aliphatic heterocycles. The molecule has 0 radical (unpaired) electrons. The summed E-state index contributed by atoms with van der Waals surface area (Å²) < 4.78 is 5.98. The van der Waals surface area contributed by atoms with Crippen LogP contribution in [0.4, 0.5) is 0 Å². The summed E-state index contributed by atoms with van der Waals surface area (Å²) in [5.41, 5.74) is 2.39. The predicted octanol–water partition coefficient (Wildman–Crippen LogP) is 4.27. The molecule has 0 aliphatic carbocycles. The Morgan fingerprint density at radius 2 is 1.86 bits per heavy atom. The second kappa shape index (κ2) is 6.80. The lowest BCUT2D eigenvalue weighted by molar-refractivity contribution is 0.00308. The van der Waals surface area contributed by atoms with E-state index in [1.807, 2.05) is 24.3 Å². The van der Waals surface area contributed by atoms with Gasteiger partial charge in [-0.3, -0.25) is 0 Å². The molecule has 1 fully saturated rings. The Hall–Kier alpha value is -1.06. The molecule has 21 heavy (non-hydrogen) atoms. The molecular formula is C17H17Cl2NO. The molecule has 1 saturated heterocycles. The van der Waals surface area contributed by atoms with Crippen molar-refractivity contribution in [3.8, 4) is 0 Å². The largest absolute Gasteiger partial charge is 0.371 e. The van der Waals surface area contributed by atoms with Gasteiger partial charge in [-0.15, -0.1) is 0 Å². The van der Waals surface area contributed by atoms with E-state index in [0.717, 1.165) is 18.5 Å². The number of hydrogen-bond acceptors (Lipinski definition) is 2. The number of benzene rings is 2. The molecule has 2 atom stereocenters. The lowest BCUT2D eigenvalue weighted by Gasteiger charge is -2.31. The molecular weight excluding hydrogens is 305 g/mol. The Kier molecular flexibility index (Phi) is 4.81. The molecule has 2 aromatic carbocycles. The van der Waals surface area contributed by atoms with Crippen LogP contribution in [0.1, 0.15) is 17.2 Å². The molecule has 0 bridgehead atoms. The van der Waals surface area contributed by atoms with E-state index in [9.17, 15) is 0 Å². The highest BCUT2D eigenvalue weighted by molar-refractivity contribution is 6.42. The zero-order valence-electron chi connectivity index (χ0n) is 11.6. The van der Waals surface area contributed by atoms with Crippen LogP contribution in [0.2, 0.25) is 10.0 Å². The monoisotopic (exact) mass is 321 g/mol. The Balaban J connectivity index is 1.58. The third kappa shape index (κ3) is 3.78. The van der Waals surface area contributed by atoms with E-state index in [0.29, 0.717) is 22.7 Å². The maximum absolute atomic E-state index is 6.06. The van der Waals surface area contributed by atoms with E-state index >= 15 is 0 Å². The lowest BCUT2D eigenvalue weighted by atomic mass is 10.0. The minimum absolute atomic E-state index is 0.0341. The maximum Gasteiger partial charge on any atom is 0.0950 e. The van der Waals surface area contributed by atoms with Crippen molar-refractivity contribution in [2.45, 2.75) is 18.6 Å². The molecule has 0 saturated carbocycles. The second-order valence-corrected chi connectivity index (χ2v) is 6.10. The lowest BCUT2D eigenvalue weighted by Crippen LogP contribution is -2.44. The van der Waals surface area contributed by atoms with E-state index < -0.39 is 0 Å². The van der Waals surface area contributed by atoms with Gasteiger partial charge >= 0.3 is 0 Å². The van der Waals surface area contributed by atoms with E-state index in [-0.39, 0.29) is 6.10 Å². The van der Waals surface area contributed by atoms with Crippen LogP contribution in [-0.2, 0) is 11.2 Å². The van der Waals surface area contributed by atoms with Gasteiger partial charge in [-0.25, -0.2) is 0 Å². The van der Waals surface area contributed by atoms with E-state index in [1.54, 1.807) is 0 Å². The summed E-state index contributed by atoms with van der Waals surface area (Å²) in [4.78, 5) is 0. The quantitative estimate of drug-likeness (QED) is 0.911. The first kappa shape index (κ1) is 14.9. The highest BCUT2D eigenvalue weighted by atomic mass is 35.5. The molecule has 2 nitrogen and oxygen atoms in total. The number of nitrogens with one attached hydrogen (secondary N) is 1. The molecule has 110 valence electrons. The van der Waals surface area contributed by atoms with Gasteiger partial charge < -0.3 is 10.1 Å². The van der Waals surface area contributed by atoms with Crippen molar-refractivity contribution in [1.82, 2.24) is 5.32 Å². The SMILES string of the molecule is Clc1ccc(C2CNC(Cc3ccccc3)CO2)cc1Cl. The fourth-order valence-corrected chi connectivity index (χ4v) is 2.89. The van der Waals surface area contributed by atoms with Crippen molar-refractivity contribution in [3.63, 3.8) is 0 Å². The van der Waals surface area contributed by atoms with Crippen molar-refractivity contribution in [3.05, 3.63) is 69.7 Å². The number of hydrogen-bond donors (Lipinski definition) is 1. The smallest absolute Gasteiger partial charge is 0.0950 e. The molecule has 1 aliphatic rings. The molecule has 0 spiro atoms. The van der Waals surface area contributed by atoms with E-state index in [1.165, 1.54) is 5.56 Å². The molecule has 1 heterocycles. The topological polar surface area (TPSA) is 21.3 Å². The summed E-state index contributed by atoms with van der Waals surface area (Å²) in [5.74, 6) is 0. The average Bonchev–Trinajstić information content (AvgIpc) is 2.52. The summed E-state index contributed by atoms with van der Waals surface area (Å²) in [7, 11) is 0. The summed E-state index contributed by atoms with van der Waals surface area (Å²) in [6.45, 7) is 1.48. The third-order valence-corrected chi connectivity index (χ3v) is 4.47. The minimum atomic E-state index is 0.0341. The number of halogens is 2. The van der Waals surface area contributed by atoms with Crippen LogP contribution in [0.5, 0.6) is 0 Å². The van der Waals surface area contributed by atoms with Gasteiger partial charge in [-0.05, 0) is 29.7 Å². The fraction of sp³-hybridized carbons (Fsp3) is 0.294. The van der Waals surface area contributed by atoms with Crippen molar-refractivity contribution < 1.29 is 4.74 Å². The highest BCUT2D eigenvalue weighted by Crippen LogP contribution is 2.28. The average molecular weight is 322 g/mol. The summed E-state index contributed by atoms with van der Waals surface area (Å²) >= 11 is 12.0. The van der Waals surface area contributed by atoms with Crippen LogP contribution in [0.25, 0.3) is 0 Å². The predicted molar refractivity (Wildman–Crippen MR) is 87.1 cm³/mol. The minimum Gasteiger partial charge on any atom is -0.371 e. The Morgan fingerprint density at radius 3 is 2.52 bits per heavy atom. The van der Waals surface area contributed by atoms with Gasteiger partial charge in [0, 0.05) is 12.6 Å². The van der Waals surface area contributed by atoms with Gasteiger partial charge in [0.2, 0.25) is 0 Å². The van der Waals surface area contributed by atoms with Gasteiger partial charge in [0.25, 0.3) is 0 Å². The van der Waals surface area contributed by atoms with Crippen LogP contribution < -0.4 is 5.32 Å². The van der Waals surface area contributed by atoms with Crippen LogP contribution in [0, 0.1) is 0 Å². The fourth-order valence-electron chi connectivity index (χ4n) is 2.58. The van der Waals surface area contributed by atoms with Gasteiger partial charge in [0.15, 0.2) is 0 Å². The number of ether oxygens (including phenoxy) is 1. The molecule has 2 unspecified atom stereocenters. The van der Waals surface area contributed by atoms with Crippen molar-refractivity contribution >= 4 is 23.2 Å². The van der Waals surface area contributed by atoms with Gasteiger partial charge in [-0.2, -0.15) is 0 Å². The highest BCUT2D eigenvalue weighted by Gasteiger charge is 2.22. The van der Waals surface area contributed by atoms with Gasteiger partial charge in [0.1, 0.15) is 0 Å². The van der Waals surface area contributed by atoms with E-state index in [4.69, 9.17) is 27.9 Å². The van der Waals surface area contributed by atoms with Gasteiger partial charge in [0.05, 0.1) is 22.8 Å². The first-order valence-corrected chi connectivity index (χ1v) is 7.82. The molecule has 0 aromatic heterocycles. The first-order chi connectivity index (χ1) is 10.2. The Labute approximate surface area is 135 Å². The van der Waals surface area contributed by atoms with Crippen LogP contribution in [0.3, 0.4) is 0 Å². The van der Waals surface area contributed by atoms with E-state index in [2.05, 4.69) is 29.6 Å². The van der Waals surface area contributed by atoms with Crippen molar-refractivity contribution in [2.24, 2.45) is 0 Å². The summed E-state index contributed by atoms with van der Waals surface area (Å²) in [5, 5.41) is 4.70. The molecule has 2 aromatic rings. The number of morpholine rings is 1. The summed E-state index contributed by atoms with van der Waals surface area (Å²) in [6, 6.07) is 16.5. The van der Waals surface area contributed by atoms with Crippen molar-refractivity contribution in [1.29, 1.82) is 0 Å². The normalized spacial score (nSPS) is 22.2. The zero-order valence-corrected chi connectivity index (χ0v) is 13.1. The van der Waals surface area contributed by atoms with Crippen LogP contribution in [0.15, 0.2) is 48.5 Å². The second-order valence-electron chi connectivity index (χ2n) is 5.29. The Bertz CT molecular complexity index is 595. The van der Waals surface area contributed by atoms with Gasteiger partial charge in [-0.1, -0.05) is 59.6 Å². The number of rotatable bonds is 3. The standard InChI is InChI=1S/C17H17Cl2NO/c18-15-7-6-13(9-16(15)19)17-10-20-14(11-21-17)8-12-4-2-1-3-5-12/h1-7,9,14,17,20H,8,10-11H2. The molecule has 4 heteroatoms. The van der Waals surface area contributed by atoms with Crippen LogP contribution in [-0.4, -0.2) is 19.2 Å². The maximum atomic E-state index is 6.06. The zero-order chi connectivity index (χ0) is 14.7. The summed E-state index contributed by atoms with van der Waals surface area (Å²) in [6.07, 6.45) is 1.02.